The van der Waals surface area contributed by atoms with Crippen LogP contribution in [0.1, 0.15) is 19.8 Å². The molecule has 3 nitrogen and oxygen atoms in total. The van der Waals surface area contributed by atoms with Gasteiger partial charge in [-0.3, -0.25) is 4.79 Å². The van der Waals surface area contributed by atoms with Crippen LogP contribution in [0.4, 0.5) is 0 Å². The standard InChI is InChI=1S/C9H19N2O/c1-5-9(12)10-7-6-8-11(2,3)4/h7H,5-6,8H2,1-4H3/q+1. The van der Waals surface area contributed by atoms with Crippen molar-refractivity contribution in [3.63, 3.8) is 0 Å². The van der Waals surface area contributed by atoms with Crippen LogP contribution in [-0.2, 0) is 4.79 Å². The van der Waals surface area contributed by atoms with E-state index < -0.39 is 0 Å². The summed E-state index contributed by atoms with van der Waals surface area (Å²) in [5.74, 6) is -0.0311. The average Bonchev–Trinajstić information content (AvgIpc) is 1.96. The van der Waals surface area contributed by atoms with Crippen LogP contribution in [0.15, 0.2) is 4.99 Å². The minimum atomic E-state index is -0.0311. The zero-order valence-electron chi connectivity index (χ0n) is 8.50. The topological polar surface area (TPSA) is 29.4 Å². The Balaban J connectivity index is 3.56. The van der Waals surface area contributed by atoms with Gasteiger partial charge in [-0.05, 0) is 0 Å². The van der Waals surface area contributed by atoms with Crippen LogP contribution in [0.2, 0.25) is 0 Å². The van der Waals surface area contributed by atoms with Crippen LogP contribution < -0.4 is 0 Å². The van der Waals surface area contributed by atoms with Crippen LogP contribution in [0, 0.1) is 0 Å². The summed E-state index contributed by atoms with van der Waals surface area (Å²) in [6.45, 7) is 2.83. The molecule has 0 aliphatic carbocycles. The molecule has 0 heterocycles. The molecule has 3 heteroatoms. The molecule has 0 aromatic carbocycles. The van der Waals surface area contributed by atoms with Gasteiger partial charge in [-0.25, -0.2) is 4.99 Å². The molecule has 0 bridgehead atoms. The highest BCUT2D eigenvalue weighted by atomic mass is 16.1. The summed E-state index contributed by atoms with van der Waals surface area (Å²) in [6, 6.07) is 0. The van der Waals surface area contributed by atoms with E-state index in [9.17, 15) is 4.79 Å². The number of amides is 1. The molecule has 0 aromatic heterocycles. The van der Waals surface area contributed by atoms with Crippen molar-refractivity contribution in [2.45, 2.75) is 19.8 Å². The first-order chi connectivity index (χ1) is 5.45. The van der Waals surface area contributed by atoms with E-state index in [0.717, 1.165) is 17.4 Å². The van der Waals surface area contributed by atoms with Crippen molar-refractivity contribution in [3.8, 4) is 0 Å². The lowest BCUT2D eigenvalue weighted by Crippen LogP contribution is -2.35. The minimum Gasteiger partial charge on any atom is -0.331 e. The number of hydrogen-bond acceptors (Lipinski definition) is 1. The molecular weight excluding hydrogens is 152 g/mol. The van der Waals surface area contributed by atoms with E-state index in [1.165, 1.54) is 0 Å². The van der Waals surface area contributed by atoms with Gasteiger partial charge in [0.1, 0.15) is 0 Å². The smallest absolute Gasteiger partial charge is 0.245 e. The van der Waals surface area contributed by atoms with Crippen LogP contribution >= 0.6 is 0 Å². The maximum absolute atomic E-state index is 10.7. The Morgan fingerprint density at radius 2 is 2.00 bits per heavy atom. The van der Waals surface area contributed by atoms with Gasteiger partial charge < -0.3 is 4.48 Å². The van der Waals surface area contributed by atoms with Crippen molar-refractivity contribution < 1.29 is 9.28 Å². The molecule has 1 amide bonds. The first kappa shape index (κ1) is 11.3. The van der Waals surface area contributed by atoms with E-state index in [-0.39, 0.29) is 5.91 Å². The van der Waals surface area contributed by atoms with Crippen molar-refractivity contribution >= 4 is 12.1 Å². The lowest BCUT2D eigenvalue weighted by atomic mass is 10.4. The van der Waals surface area contributed by atoms with E-state index in [0.29, 0.717) is 6.42 Å². The molecule has 0 spiro atoms. The summed E-state index contributed by atoms with van der Waals surface area (Å²) in [5, 5.41) is 0. The molecule has 0 saturated heterocycles. The quantitative estimate of drug-likeness (QED) is 0.460. The summed E-state index contributed by atoms with van der Waals surface area (Å²) in [7, 11) is 6.36. The number of quaternary nitrogens is 1. The Morgan fingerprint density at radius 3 is 2.42 bits per heavy atom. The fourth-order valence-corrected chi connectivity index (χ4v) is 0.703. The maximum atomic E-state index is 10.7. The van der Waals surface area contributed by atoms with Crippen molar-refractivity contribution in [3.05, 3.63) is 0 Å². The molecule has 0 radical (unpaired) electrons. The fraction of sp³-hybridized carbons (Fsp3) is 0.778. The molecule has 0 saturated carbocycles. The van der Waals surface area contributed by atoms with Crippen LogP contribution in [0.5, 0.6) is 0 Å². The van der Waals surface area contributed by atoms with Gasteiger partial charge in [-0.15, -0.1) is 0 Å². The number of carbonyl (C=O) groups is 1. The van der Waals surface area contributed by atoms with E-state index >= 15 is 0 Å². The molecule has 0 atom stereocenters. The molecule has 0 rings (SSSR count). The summed E-state index contributed by atoms with van der Waals surface area (Å²) in [6.07, 6.45) is 3.09. The Bertz CT molecular complexity index is 168. The molecular formula is C9H19N2O+. The number of aliphatic imine (C=N–C) groups is 1. The second-order valence-electron chi connectivity index (χ2n) is 3.86. The van der Waals surface area contributed by atoms with E-state index in [4.69, 9.17) is 0 Å². The zero-order chi connectivity index (χ0) is 9.61. The van der Waals surface area contributed by atoms with Crippen molar-refractivity contribution in [2.24, 2.45) is 4.99 Å². The van der Waals surface area contributed by atoms with Gasteiger partial charge in [0.25, 0.3) is 0 Å². The first-order valence-electron chi connectivity index (χ1n) is 4.31. The Hall–Kier alpha value is -0.700. The van der Waals surface area contributed by atoms with Gasteiger partial charge in [-0.1, -0.05) is 6.92 Å². The fourth-order valence-electron chi connectivity index (χ4n) is 0.703. The summed E-state index contributed by atoms with van der Waals surface area (Å²) in [5.41, 5.74) is 0. The molecule has 0 aliphatic heterocycles. The molecule has 0 aromatic rings. The normalized spacial score (nSPS) is 12.3. The SMILES string of the molecule is CCC(=O)N=CCC[N+](C)(C)C. The highest BCUT2D eigenvalue weighted by Gasteiger charge is 2.03. The molecule has 70 valence electrons. The van der Waals surface area contributed by atoms with Gasteiger partial charge in [0.2, 0.25) is 5.91 Å². The molecule has 0 fully saturated rings. The number of carbonyl (C=O) groups excluding carboxylic acids is 1. The third kappa shape index (κ3) is 7.41. The van der Waals surface area contributed by atoms with Gasteiger partial charge in [0, 0.05) is 19.1 Å². The number of nitrogens with zero attached hydrogens (tertiary/aromatic N) is 2. The highest BCUT2D eigenvalue weighted by Crippen LogP contribution is 1.91. The minimum absolute atomic E-state index is 0.0311. The number of rotatable bonds is 4. The van der Waals surface area contributed by atoms with Gasteiger partial charge in [0.15, 0.2) is 0 Å². The molecule has 0 aliphatic rings. The maximum Gasteiger partial charge on any atom is 0.245 e. The van der Waals surface area contributed by atoms with Gasteiger partial charge in [-0.2, -0.15) is 0 Å². The lowest BCUT2D eigenvalue weighted by molar-refractivity contribution is -0.869. The second-order valence-corrected chi connectivity index (χ2v) is 3.86. The van der Waals surface area contributed by atoms with Crippen molar-refractivity contribution in [2.75, 3.05) is 27.7 Å². The summed E-state index contributed by atoms with van der Waals surface area (Å²) in [4.78, 5) is 14.5. The second kappa shape index (κ2) is 5.04. The highest BCUT2D eigenvalue weighted by molar-refractivity contribution is 5.84. The third-order valence-corrected chi connectivity index (χ3v) is 1.47. The predicted octanol–water partition coefficient (Wildman–Crippen LogP) is 1.09. The first-order valence-corrected chi connectivity index (χ1v) is 4.31. The van der Waals surface area contributed by atoms with E-state index in [2.05, 4.69) is 26.1 Å². The number of hydrogen-bond donors (Lipinski definition) is 0. The summed E-state index contributed by atoms with van der Waals surface area (Å²) >= 11 is 0. The molecule has 12 heavy (non-hydrogen) atoms. The van der Waals surface area contributed by atoms with E-state index in [1.807, 2.05) is 6.92 Å². The largest absolute Gasteiger partial charge is 0.331 e. The van der Waals surface area contributed by atoms with Crippen molar-refractivity contribution in [1.82, 2.24) is 0 Å². The van der Waals surface area contributed by atoms with Gasteiger partial charge in [0.05, 0.1) is 27.7 Å². The van der Waals surface area contributed by atoms with Crippen LogP contribution in [0.25, 0.3) is 0 Å². The van der Waals surface area contributed by atoms with Crippen LogP contribution in [0.3, 0.4) is 0 Å². The monoisotopic (exact) mass is 171 g/mol. The average molecular weight is 171 g/mol. The third-order valence-electron chi connectivity index (χ3n) is 1.47. The van der Waals surface area contributed by atoms with Crippen molar-refractivity contribution in [1.29, 1.82) is 0 Å². The molecule has 0 N–H and O–H groups in total. The Labute approximate surface area is 74.7 Å². The summed E-state index contributed by atoms with van der Waals surface area (Å²) < 4.78 is 0.909. The Morgan fingerprint density at radius 1 is 1.42 bits per heavy atom. The Kier molecular flexibility index (Phi) is 4.74. The predicted molar refractivity (Wildman–Crippen MR) is 51.3 cm³/mol. The zero-order valence-corrected chi connectivity index (χ0v) is 8.50. The molecule has 0 unspecified atom stereocenters. The van der Waals surface area contributed by atoms with E-state index in [1.54, 1.807) is 6.21 Å². The lowest BCUT2D eigenvalue weighted by Gasteiger charge is -2.22. The van der Waals surface area contributed by atoms with Crippen LogP contribution in [-0.4, -0.2) is 44.3 Å². The van der Waals surface area contributed by atoms with Gasteiger partial charge >= 0.3 is 0 Å².